The van der Waals surface area contributed by atoms with E-state index in [0.29, 0.717) is 11.9 Å². The van der Waals surface area contributed by atoms with E-state index in [9.17, 15) is 0 Å². The van der Waals surface area contributed by atoms with Crippen molar-refractivity contribution >= 4 is 11.8 Å². The van der Waals surface area contributed by atoms with Crippen LogP contribution in [0.3, 0.4) is 0 Å². The van der Waals surface area contributed by atoms with E-state index in [1.54, 1.807) is 6.20 Å². The number of aromatic amines is 1. The topological polar surface area (TPSA) is 66.7 Å². The number of rotatable bonds is 2. The maximum Gasteiger partial charge on any atom is 0.201 e. The molecule has 0 radical (unpaired) electrons. The standard InChI is InChI=1S/C8H14N4/c9-7-5-10-8(12-7)11-6-3-1-2-4-6/h5-6H,1-4,9H2,(H2,10,11,12). The van der Waals surface area contributed by atoms with Gasteiger partial charge in [0.2, 0.25) is 5.95 Å². The van der Waals surface area contributed by atoms with Gasteiger partial charge in [0.15, 0.2) is 0 Å². The van der Waals surface area contributed by atoms with Crippen LogP contribution in [0.25, 0.3) is 0 Å². The molecule has 1 aromatic rings. The fourth-order valence-electron chi connectivity index (χ4n) is 1.67. The van der Waals surface area contributed by atoms with Gasteiger partial charge in [0.05, 0.1) is 6.20 Å². The van der Waals surface area contributed by atoms with E-state index in [1.807, 2.05) is 0 Å². The molecule has 1 aromatic heterocycles. The Labute approximate surface area is 71.6 Å². The van der Waals surface area contributed by atoms with Gasteiger partial charge in [0, 0.05) is 6.04 Å². The Morgan fingerprint density at radius 3 is 2.83 bits per heavy atom. The number of anilines is 2. The van der Waals surface area contributed by atoms with Crippen LogP contribution >= 0.6 is 0 Å². The number of hydrogen-bond acceptors (Lipinski definition) is 3. The molecule has 1 aliphatic rings. The molecule has 12 heavy (non-hydrogen) atoms. The van der Waals surface area contributed by atoms with E-state index < -0.39 is 0 Å². The molecule has 0 aromatic carbocycles. The van der Waals surface area contributed by atoms with Crippen molar-refractivity contribution < 1.29 is 0 Å². The van der Waals surface area contributed by atoms with Crippen molar-refractivity contribution in [3.63, 3.8) is 0 Å². The summed E-state index contributed by atoms with van der Waals surface area (Å²) in [7, 11) is 0. The van der Waals surface area contributed by atoms with Gasteiger partial charge in [0.1, 0.15) is 5.82 Å². The summed E-state index contributed by atoms with van der Waals surface area (Å²) in [6.45, 7) is 0. The molecule has 0 unspecified atom stereocenters. The lowest BCUT2D eigenvalue weighted by molar-refractivity contribution is 0.747. The van der Waals surface area contributed by atoms with Crippen molar-refractivity contribution in [1.29, 1.82) is 0 Å². The zero-order valence-electron chi connectivity index (χ0n) is 7.01. The Bertz CT molecular complexity index is 249. The Morgan fingerprint density at radius 1 is 1.50 bits per heavy atom. The van der Waals surface area contributed by atoms with Crippen LogP contribution in [0.1, 0.15) is 25.7 Å². The van der Waals surface area contributed by atoms with Crippen LogP contribution in [-0.4, -0.2) is 16.0 Å². The molecule has 1 heterocycles. The quantitative estimate of drug-likeness (QED) is 0.621. The van der Waals surface area contributed by atoms with Crippen LogP contribution < -0.4 is 11.1 Å². The molecule has 66 valence electrons. The van der Waals surface area contributed by atoms with Crippen molar-refractivity contribution in [2.45, 2.75) is 31.7 Å². The minimum absolute atomic E-state index is 0.593. The molecule has 0 atom stereocenters. The van der Waals surface area contributed by atoms with Gasteiger partial charge < -0.3 is 16.0 Å². The zero-order chi connectivity index (χ0) is 8.39. The average Bonchev–Trinajstić information content (AvgIpc) is 2.63. The summed E-state index contributed by atoms with van der Waals surface area (Å²) in [5.41, 5.74) is 5.49. The maximum atomic E-state index is 5.49. The number of aromatic nitrogens is 2. The van der Waals surface area contributed by atoms with Gasteiger partial charge in [-0.2, -0.15) is 0 Å². The highest BCUT2D eigenvalue weighted by molar-refractivity contribution is 5.37. The summed E-state index contributed by atoms with van der Waals surface area (Å²) in [6, 6.07) is 0.593. The van der Waals surface area contributed by atoms with Crippen molar-refractivity contribution in [3.8, 4) is 0 Å². The second kappa shape index (κ2) is 3.05. The molecule has 1 aliphatic carbocycles. The third-order valence-corrected chi connectivity index (χ3v) is 2.29. The minimum Gasteiger partial charge on any atom is -0.384 e. The highest BCUT2D eigenvalue weighted by Gasteiger charge is 2.15. The Balaban J connectivity index is 1.94. The van der Waals surface area contributed by atoms with E-state index >= 15 is 0 Å². The van der Waals surface area contributed by atoms with Crippen molar-refractivity contribution in [3.05, 3.63) is 6.20 Å². The van der Waals surface area contributed by atoms with E-state index in [-0.39, 0.29) is 0 Å². The molecule has 0 saturated heterocycles. The molecule has 0 spiro atoms. The zero-order valence-corrected chi connectivity index (χ0v) is 7.01. The van der Waals surface area contributed by atoms with Gasteiger partial charge in [0.25, 0.3) is 0 Å². The van der Waals surface area contributed by atoms with Crippen molar-refractivity contribution in [2.75, 3.05) is 11.1 Å². The van der Waals surface area contributed by atoms with E-state index in [2.05, 4.69) is 15.3 Å². The van der Waals surface area contributed by atoms with E-state index in [1.165, 1.54) is 25.7 Å². The van der Waals surface area contributed by atoms with Gasteiger partial charge in [-0.05, 0) is 12.8 Å². The first-order valence-electron chi connectivity index (χ1n) is 4.41. The number of nitrogens with zero attached hydrogens (tertiary/aromatic N) is 1. The van der Waals surface area contributed by atoms with Gasteiger partial charge >= 0.3 is 0 Å². The molecule has 0 aliphatic heterocycles. The first-order valence-corrected chi connectivity index (χ1v) is 4.41. The first kappa shape index (κ1) is 7.46. The molecule has 4 N–H and O–H groups in total. The summed E-state index contributed by atoms with van der Waals surface area (Å²) in [5, 5.41) is 3.32. The molecular formula is C8H14N4. The Hall–Kier alpha value is -1.19. The molecule has 4 heteroatoms. The van der Waals surface area contributed by atoms with Crippen molar-refractivity contribution in [2.24, 2.45) is 0 Å². The molecule has 1 fully saturated rings. The number of nitrogens with one attached hydrogen (secondary N) is 2. The molecule has 4 nitrogen and oxygen atoms in total. The average molecular weight is 166 g/mol. The summed E-state index contributed by atoms with van der Waals surface area (Å²) in [6.07, 6.45) is 6.79. The highest BCUT2D eigenvalue weighted by Crippen LogP contribution is 2.20. The van der Waals surface area contributed by atoms with Gasteiger partial charge in [-0.15, -0.1) is 0 Å². The minimum atomic E-state index is 0.593. The lowest BCUT2D eigenvalue weighted by Crippen LogP contribution is -2.15. The number of imidazole rings is 1. The first-order chi connectivity index (χ1) is 5.84. The van der Waals surface area contributed by atoms with Crippen LogP contribution in [0.4, 0.5) is 11.8 Å². The SMILES string of the molecule is Nc1cnc(NC2CCCC2)[nH]1. The lowest BCUT2D eigenvalue weighted by atomic mass is 10.3. The van der Waals surface area contributed by atoms with Crippen LogP contribution in [-0.2, 0) is 0 Å². The summed E-state index contributed by atoms with van der Waals surface area (Å²) < 4.78 is 0. The highest BCUT2D eigenvalue weighted by atomic mass is 15.1. The molecule has 2 rings (SSSR count). The van der Waals surface area contributed by atoms with Gasteiger partial charge in [-0.25, -0.2) is 4.98 Å². The molecular weight excluding hydrogens is 152 g/mol. The Morgan fingerprint density at radius 2 is 2.25 bits per heavy atom. The fraction of sp³-hybridized carbons (Fsp3) is 0.625. The summed E-state index contributed by atoms with van der Waals surface area (Å²) in [4.78, 5) is 7.05. The van der Waals surface area contributed by atoms with Gasteiger partial charge in [-0.1, -0.05) is 12.8 Å². The number of nitrogens with two attached hydrogens (primary N) is 1. The van der Waals surface area contributed by atoms with Gasteiger partial charge in [-0.3, -0.25) is 0 Å². The third kappa shape index (κ3) is 1.52. The molecule has 0 bridgehead atoms. The predicted molar refractivity (Wildman–Crippen MR) is 48.9 cm³/mol. The van der Waals surface area contributed by atoms with Crippen LogP contribution in [0, 0.1) is 0 Å². The molecule has 1 saturated carbocycles. The van der Waals surface area contributed by atoms with Crippen LogP contribution in [0.15, 0.2) is 6.20 Å². The van der Waals surface area contributed by atoms with Crippen LogP contribution in [0.2, 0.25) is 0 Å². The lowest BCUT2D eigenvalue weighted by Gasteiger charge is -2.09. The summed E-state index contributed by atoms with van der Waals surface area (Å²) in [5.74, 6) is 1.43. The van der Waals surface area contributed by atoms with Crippen molar-refractivity contribution in [1.82, 2.24) is 9.97 Å². The third-order valence-electron chi connectivity index (χ3n) is 2.29. The number of H-pyrrole nitrogens is 1. The van der Waals surface area contributed by atoms with E-state index in [4.69, 9.17) is 5.73 Å². The van der Waals surface area contributed by atoms with Crippen LogP contribution in [0.5, 0.6) is 0 Å². The summed E-state index contributed by atoms with van der Waals surface area (Å²) >= 11 is 0. The Kier molecular flexibility index (Phi) is 1.89. The molecule has 0 amide bonds. The predicted octanol–water partition coefficient (Wildman–Crippen LogP) is 1.35. The monoisotopic (exact) mass is 166 g/mol. The fourth-order valence-corrected chi connectivity index (χ4v) is 1.67. The van der Waals surface area contributed by atoms with E-state index in [0.717, 1.165) is 5.95 Å². The smallest absolute Gasteiger partial charge is 0.201 e. The number of nitrogen functional groups attached to an aromatic ring is 1. The second-order valence-electron chi connectivity index (χ2n) is 3.31. The largest absolute Gasteiger partial charge is 0.384 e. The normalized spacial score (nSPS) is 18.3. The maximum absolute atomic E-state index is 5.49. The number of hydrogen-bond donors (Lipinski definition) is 3. The second-order valence-corrected chi connectivity index (χ2v) is 3.31.